The number of carbonyl (C=O) groups excluding carboxylic acids is 2. The van der Waals surface area contributed by atoms with Gasteiger partial charge in [0.1, 0.15) is 0 Å². The van der Waals surface area contributed by atoms with Crippen LogP contribution in [0, 0.1) is 30.1 Å². The van der Waals surface area contributed by atoms with Gasteiger partial charge in [0.15, 0.2) is 0 Å². The van der Waals surface area contributed by atoms with Crippen molar-refractivity contribution in [2.45, 2.75) is 51.9 Å². The molecule has 30 heavy (non-hydrogen) atoms. The van der Waals surface area contributed by atoms with Crippen molar-refractivity contribution in [3.05, 3.63) is 29.8 Å². The quantitative estimate of drug-likeness (QED) is 0.811. The van der Waals surface area contributed by atoms with Crippen LogP contribution >= 0.6 is 0 Å². The second kappa shape index (κ2) is 7.90. The maximum absolute atomic E-state index is 13.0. The average Bonchev–Trinajstić information content (AvgIpc) is 2.73. The molecule has 0 atom stereocenters. The molecule has 5 heteroatoms. The molecule has 4 saturated carbocycles. The van der Waals surface area contributed by atoms with E-state index in [1.165, 1.54) is 30.5 Å². The zero-order valence-electron chi connectivity index (χ0n) is 18.2. The third-order valence-corrected chi connectivity index (χ3v) is 8.23. The van der Waals surface area contributed by atoms with Crippen LogP contribution in [-0.4, -0.2) is 49.4 Å². The third-order valence-electron chi connectivity index (χ3n) is 8.23. The molecule has 1 saturated heterocycles. The molecule has 5 fully saturated rings. The second-order valence-electron chi connectivity index (χ2n) is 10.4. The van der Waals surface area contributed by atoms with Crippen LogP contribution in [0.2, 0.25) is 0 Å². The van der Waals surface area contributed by atoms with E-state index in [0.29, 0.717) is 13.0 Å². The minimum absolute atomic E-state index is 0.114. The van der Waals surface area contributed by atoms with Gasteiger partial charge in [-0.3, -0.25) is 9.59 Å². The molecule has 1 aliphatic heterocycles. The van der Waals surface area contributed by atoms with Gasteiger partial charge in [-0.15, -0.1) is 0 Å². The smallest absolute Gasteiger partial charge is 0.226 e. The molecule has 5 nitrogen and oxygen atoms in total. The van der Waals surface area contributed by atoms with Gasteiger partial charge in [0.05, 0.1) is 0 Å². The minimum Gasteiger partial charge on any atom is -0.368 e. The Labute approximate surface area is 180 Å². The van der Waals surface area contributed by atoms with E-state index in [1.54, 1.807) is 0 Å². The number of aryl methyl sites for hydroxylation is 1. The summed E-state index contributed by atoms with van der Waals surface area (Å²) in [6.07, 6.45) is 7.71. The van der Waals surface area contributed by atoms with Gasteiger partial charge >= 0.3 is 0 Å². The predicted octanol–water partition coefficient (Wildman–Crippen LogP) is 3.37. The zero-order valence-corrected chi connectivity index (χ0v) is 18.2. The molecule has 1 N–H and O–H groups in total. The fourth-order valence-electron chi connectivity index (χ4n) is 7.13. The number of anilines is 1. The molecule has 6 rings (SSSR count). The topological polar surface area (TPSA) is 52.6 Å². The van der Waals surface area contributed by atoms with Crippen molar-refractivity contribution < 1.29 is 9.59 Å². The van der Waals surface area contributed by atoms with Crippen molar-refractivity contribution in [1.29, 1.82) is 0 Å². The van der Waals surface area contributed by atoms with Crippen molar-refractivity contribution in [3.8, 4) is 0 Å². The summed E-state index contributed by atoms with van der Waals surface area (Å²) in [6.45, 7) is 5.88. The number of para-hydroxylation sites is 1. The minimum atomic E-state index is -0.114. The van der Waals surface area contributed by atoms with Crippen molar-refractivity contribution in [2.75, 3.05) is 37.6 Å². The highest BCUT2D eigenvalue weighted by Crippen LogP contribution is 2.60. The standard InChI is InChI=1S/C25H35N3O2/c1-18-4-2-3-5-22(18)27-8-10-28(11-9-27)23(29)6-7-26-24(30)25-15-19-12-20(16-25)14-21(13-19)17-25/h2-5,19-21H,6-17H2,1H3,(H,26,30). The number of nitrogens with zero attached hydrogens (tertiary/aromatic N) is 2. The summed E-state index contributed by atoms with van der Waals surface area (Å²) >= 11 is 0. The number of rotatable bonds is 5. The van der Waals surface area contributed by atoms with Crippen LogP contribution in [0.25, 0.3) is 0 Å². The van der Waals surface area contributed by atoms with E-state index in [2.05, 4.69) is 41.4 Å². The highest BCUT2D eigenvalue weighted by molar-refractivity contribution is 5.84. The number of hydrogen-bond acceptors (Lipinski definition) is 3. The number of amides is 2. The predicted molar refractivity (Wildman–Crippen MR) is 118 cm³/mol. The summed E-state index contributed by atoms with van der Waals surface area (Å²) < 4.78 is 0. The van der Waals surface area contributed by atoms with Gasteiger partial charge < -0.3 is 15.1 Å². The molecular formula is C25H35N3O2. The van der Waals surface area contributed by atoms with E-state index in [4.69, 9.17) is 0 Å². The highest BCUT2D eigenvalue weighted by Gasteiger charge is 2.54. The first kappa shape index (κ1) is 19.9. The van der Waals surface area contributed by atoms with Crippen molar-refractivity contribution in [3.63, 3.8) is 0 Å². The lowest BCUT2D eigenvalue weighted by Gasteiger charge is -2.55. The van der Waals surface area contributed by atoms with Crippen LogP contribution in [0.4, 0.5) is 5.69 Å². The summed E-state index contributed by atoms with van der Waals surface area (Å²) in [5, 5.41) is 3.15. The Balaban J connectivity index is 1.08. The monoisotopic (exact) mass is 409 g/mol. The number of hydrogen-bond donors (Lipinski definition) is 1. The van der Waals surface area contributed by atoms with Crippen LogP contribution in [0.3, 0.4) is 0 Å². The number of carbonyl (C=O) groups is 2. The van der Waals surface area contributed by atoms with E-state index in [1.807, 2.05) is 4.90 Å². The van der Waals surface area contributed by atoms with E-state index in [-0.39, 0.29) is 17.2 Å². The Kier molecular flexibility index (Phi) is 5.24. The lowest BCUT2D eigenvalue weighted by atomic mass is 9.49. The van der Waals surface area contributed by atoms with E-state index in [9.17, 15) is 9.59 Å². The Morgan fingerprint density at radius 2 is 1.57 bits per heavy atom. The third kappa shape index (κ3) is 3.72. The van der Waals surface area contributed by atoms with E-state index in [0.717, 1.165) is 63.2 Å². The number of benzene rings is 1. The van der Waals surface area contributed by atoms with Crippen molar-refractivity contribution in [2.24, 2.45) is 23.2 Å². The highest BCUT2D eigenvalue weighted by atomic mass is 16.2. The zero-order chi connectivity index (χ0) is 20.7. The molecule has 0 spiro atoms. The Morgan fingerprint density at radius 1 is 0.967 bits per heavy atom. The summed E-state index contributed by atoms with van der Waals surface area (Å²) in [6, 6.07) is 8.44. The molecule has 162 valence electrons. The van der Waals surface area contributed by atoms with Gasteiger partial charge in [-0.25, -0.2) is 0 Å². The molecule has 1 aromatic carbocycles. The van der Waals surface area contributed by atoms with E-state index < -0.39 is 0 Å². The maximum atomic E-state index is 13.0. The van der Waals surface area contributed by atoms with E-state index >= 15 is 0 Å². The number of nitrogens with one attached hydrogen (secondary N) is 1. The second-order valence-corrected chi connectivity index (χ2v) is 10.4. The molecule has 4 aliphatic carbocycles. The Hall–Kier alpha value is -2.04. The van der Waals surface area contributed by atoms with Gasteiger partial charge in [-0.05, 0) is 74.8 Å². The van der Waals surface area contributed by atoms with Crippen LogP contribution in [0.15, 0.2) is 24.3 Å². The van der Waals surface area contributed by atoms with Crippen LogP contribution in [-0.2, 0) is 9.59 Å². The lowest BCUT2D eigenvalue weighted by molar-refractivity contribution is -0.146. The fourth-order valence-corrected chi connectivity index (χ4v) is 7.13. The van der Waals surface area contributed by atoms with Crippen molar-refractivity contribution >= 4 is 17.5 Å². The van der Waals surface area contributed by atoms with Gasteiger partial charge in [0.2, 0.25) is 11.8 Å². The SMILES string of the molecule is Cc1ccccc1N1CCN(C(=O)CCNC(=O)C23CC4CC(CC(C4)C2)C3)CC1. The lowest BCUT2D eigenvalue weighted by Crippen LogP contribution is -2.54. The average molecular weight is 410 g/mol. The Morgan fingerprint density at radius 3 is 2.17 bits per heavy atom. The molecule has 5 aliphatic rings. The van der Waals surface area contributed by atoms with Crippen LogP contribution < -0.4 is 10.2 Å². The molecule has 1 heterocycles. The first-order valence-electron chi connectivity index (χ1n) is 11.9. The first-order chi connectivity index (χ1) is 14.5. The normalized spacial score (nSPS) is 32.4. The molecule has 4 bridgehead atoms. The van der Waals surface area contributed by atoms with Gasteiger partial charge in [0.25, 0.3) is 0 Å². The van der Waals surface area contributed by atoms with Crippen molar-refractivity contribution in [1.82, 2.24) is 10.2 Å². The molecule has 0 radical (unpaired) electrons. The summed E-state index contributed by atoms with van der Waals surface area (Å²) in [5.74, 6) is 2.72. The van der Waals surface area contributed by atoms with Gasteiger partial charge in [-0.2, -0.15) is 0 Å². The number of piperazine rings is 1. The molecule has 0 aromatic heterocycles. The molecule has 0 unspecified atom stereocenters. The largest absolute Gasteiger partial charge is 0.368 e. The summed E-state index contributed by atoms with van der Waals surface area (Å²) in [7, 11) is 0. The summed E-state index contributed by atoms with van der Waals surface area (Å²) in [4.78, 5) is 30.1. The van der Waals surface area contributed by atoms with Gasteiger partial charge in [-0.1, -0.05) is 18.2 Å². The van der Waals surface area contributed by atoms with Crippen LogP contribution in [0.5, 0.6) is 0 Å². The summed E-state index contributed by atoms with van der Waals surface area (Å²) in [5.41, 5.74) is 2.44. The Bertz CT molecular complexity index is 777. The van der Waals surface area contributed by atoms with Crippen LogP contribution in [0.1, 0.15) is 50.5 Å². The first-order valence-corrected chi connectivity index (χ1v) is 11.9. The fraction of sp³-hybridized carbons (Fsp3) is 0.680. The maximum Gasteiger partial charge on any atom is 0.226 e. The molecular weight excluding hydrogens is 374 g/mol. The van der Waals surface area contributed by atoms with Gasteiger partial charge in [0, 0.05) is 50.2 Å². The molecule has 2 amide bonds. The molecule has 1 aromatic rings.